The van der Waals surface area contributed by atoms with Crippen LogP contribution in [0.3, 0.4) is 0 Å². The summed E-state index contributed by atoms with van der Waals surface area (Å²) in [7, 11) is 1.37. The smallest absolute Gasteiger partial charge is 0.356 e. The molecule has 2 atom stereocenters. The molecule has 1 aromatic carbocycles. The van der Waals surface area contributed by atoms with E-state index in [0.717, 1.165) is 35.7 Å². The van der Waals surface area contributed by atoms with Crippen molar-refractivity contribution in [2.45, 2.75) is 57.7 Å². The highest BCUT2D eigenvalue weighted by atomic mass is 79.9. The fourth-order valence-corrected chi connectivity index (χ4v) is 3.97. The van der Waals surface area contributed by atoms with Gasteiger partial charge in [0, 0.05) is 10.0 Å². The van der Waals surface area contributed by atoms with E-state index in [1.807, 2.05) is 24.3 Å². The number of benzene rings is 1. The molecule has 1 aromatic heterocycles. The molecule has 1 aliphatic heterocycles. The molecule has 2 heterocycles. The first kappa shape index (κ1) is 22.5. The van der Waals surface area contributed by atoms with E-state index in [0.29, 0.717) is 17.8 Å². The zero-order valence-corrected chi connectivity index (χ0v) is 19.2. The molecule has 1 N–H and O–H groups in total. The number of aromatic nitrogens is 2. The second-order valence-electron chi connectivity index (χ2n) is 7.39. The van der Waals surface area contributed by atoms with Crippen LogP contribution in [-0.2, 0) is 19.9 Å². The Labute approximate surface area is 185 Å². The van der Waals surface area contributed by atoms with Crippen LogP contribution in [0.4, 0.5) is 0 Å². The highest BCUT2D eigenvalue weighted by molar-refractivity contribution is 9.10. The Morgan fingerprint density at radius 2 is 1.93 bits per heavy atom. The summed E-state index contributed by atoms with van der Waals surface area (Å²) in [4.78, 5) is 25.1. The van der Waals surface area contributed by atoms with Gasteiger partial charge >= 0.3 is 11.9 Å². The summed E-state index contributed by atoms with van der Waals surface area (Å²) in [6.45, 7) is 4.18. The molecule has 3 rings (SSSR count). The number of hydrogen-bond acceptors (Lipinski definition) is 6. The molecular weight excluding hydrogens is 450 g/mol. The number of nitrogens with one attached hydrogen (secondary N) is 1. The van der Waals surface area contributed by atoms with E-state index in [1.165, 1.54) is 7.11 Å². The molecule has 1 saturated heterocycles. The predicted octanol–water partition coefficient (Wildman–Crippen LogP) is 4.26. The molecule has 7 nitrogen and oxygen atoms in total. The third-order valence-electron chi connectivity index (χ3n) is 5.35. The van der Waals surface area contributed by atoms with Gasteiger partial charge in [-0.2, -0.15) is 5.10 Å². The van der Waals surface area contributed by atoms with Crippen molar-refractivity contribution in [1.29, 1.82) is 0 Å². The number of methoxy groups -OCH3 is 1. The molecule has 0 saturated carbocycles. The number of unbranched alkanes of at least 4 members (excludes halogenated alkanes) is 3. The lowest BCUT2D eigenvalue weighted by atomic mass is 10.0. The van der Waals surface area contributed by atoms with Gasteiger partial charge in [-0.05, 0) is 38.0 Å². The van der Waals surface area contributed by atoms with Crippen molar-refractivity contribution in [2.75, 3.05) is 13.7 Å². The third kappa shape index (κ3) is 4.59. The molecule has 0 radical (unpaired) electrons. The maximum atomic E-state index is 12.7. The summed E-state index contributed by atoms with van der Waals surface area (Å²) in [5.74, 6) is -0.820. The number of ether oxygens (including phenoxy) is 2. The Balaban J connectivity index is 2.01. The molecule has 30 heavy (non-hydrogen) atoms. The number of carbonyl (C=O) groups is 2. The molecule has 0 aliphatic carbocycles. The van der Waals surface area contributed by atoms with Crippen LogP contribution in [0, 0.1) is 0 Å². The Bertz CT molecular complexity index is 896. The van der Waals surface area contributed by atoms with Crippen molar-refractivity contribution in [1.82, 2.24) is 15.1 Å². The molecule has 0 bridgehead atoms. The van der Waals surface area contributed by atoms with E-state index in [2.05, 4.69) is 28.2 Å². The summed E-state index contributed by atoms with van der Waals surface area (Å²) in [5, 5.41) is 7.99. The van der Waals surface area contributed by atoms with Gasteiger partial charge in [0.1, 0.15) is 17.4 Å². The average Bonchev–Trinajstić information content (AvgIpc) is 3.30. The Kier molecular flexibility index (Phi) is 7.31. The lowest BCUT2D eigenvalue weighted by molar-refractivity contribution is -0.140. The largest absolute Gasteiger partial charge is 0.468 e. The highest BCUT2D eigenvalue weighted by Crippen LogP contribution is 2.40. The first-order chi connectivity index (χ1) is 14.5. The summed E-state index contributed by atoms with van der Waals surface area (Å²) in [6, 6.07) is 8.88. The number of nitrogens with zero attached hydrogens (tertiary/aromatic N) is 2. The first-order valence-corrected chi connectivity index (χ1v) is 11.1. The van der Waals surface area contributed by atoms with Crippen LogP contribution in [0.1, 0.15) is 56.4 Å². The first-order valence-electron chi connectivity index (χ1n) is 10.4. The molecule has 1 aliphatic rings. The molecule has 1 fully saturated rings. The Hall–Kier alpha value is -2.19. The van der Waals surface area contributed by atoms with Gasteiger partial charge in [-0.1, -0.05) is 54.2 Å². The minimum Gasteiger partial charge on any atom is -0.468 e. The van der Waals surface area contributed by atoms with E-state index in [9.17, 15) is 9.59 Å². The maximum Gasteiger partial charge on any atom is 0.356 e. The van der Waals surface area contributed by atoms with Crippen LogP contribution in [0.5, 0.6) is 0 Å². The third-order valence-corrected chi connectivity index (χ3v) is 5.88. The maximum absolute atomic E-state index is 12.7. The number of halogens is 1. The zero-order chi connectivity index (χ0) is 21.7. The van der Waals surface area contributed by atoms with E-state index in [1.54, 1.807) is 17.7 Å². The van der Waals surface area contributed by atoms with Gasteiger partial charge in [0.15, 0.2) is 0 Å². The molecule has 8 heteroatoms. The van der Waals surface area contributed by atoms with Crippen molar-refractivity contribution in [2.24, 2.45) is 0 Å². The monoisotopic (exact) mass is 477 g/mol. The Morgan fingerprint density at radius 1 is 1.20 bits per heavy atom. The van der Waals surface area contributed by atoms with Crippen molar-refractivity contribution < 1.29 is 19.1 Å². The van der Waals surface area contributed by atoms with Crippen LogP contribution >= 0.6 is 15.9 Å². The normalized spacial score (nSPS) is 20.1. The van der Waals surface area contributed by atoms with Crippen molar-refractivity contribution in [3.05, 3.63) is 40.5 Å². The van der Waals surface area contributed by atoms with E-state index >= 15 is 0 Å². The summed E-state index contributed by atoms with van der Waals surface area (Å²) in [6.07, 6.45) is 4.85. The summed E-state index contributed by atoms with van der Waals surface area (Å²) < 4.78 is 12.8. The van der Waals surface area contributed by atoms with E-state index < -0.39 is 17.7 Å². The van der Waals surface area contributed by atoms with Gasteiger partial charge < -0.3 is 9.47 Å². The van der Waals surface area contributed by atoms with Gasteiger partial charge in [0.05, 0.1) is 19.4 Å². The number of rotatable bonds is 10. The second-order valence-corrected chi connectivity index (χ2v) is 8.31. The van der Waals surface area contributed by atoms with Crippen LogP contribution in [0.15, 0.2) is 34.8 Å². The number of carbonyl (C=O) groups excluding carboxylic acids is 2. The number of esters is 2. The minimum atomic E-state index is -0.781. The molecular formula is C22H28BrN3O4. The fourth-order valence-electron chi connectivity index (χ4n) is 3.70. The van der Waals surface area contributed by atoms with Crippen molar-refractivity contribution >= 4 is 27.9 Å². The van der Waals surface area contributed by atoms with Crippen LogP contribution < -0.4 is 5.32 Å². The quantitative estimate of drug-likeness (QED) is 0.312. The van der Waals surface area contributed by atoms with Gasteiger partial charge in [-0.15, -0.1) is 0 Å². The molecule has 162 valence electrons. The van der Waals surface area contributed by atoms with Crippen LogP contribution in [0.2, 0.25) is 0 Å². The van der Waals surface area contributed by atoms with Gasteiger partial charge in [-0.25, -0.2) is 9.48 Å². The Morgan fingerprint density at radius 3 is 2.57 bits per heavy atom. The topological polar surface area (TPSA) is 92.4 Å². The summed E-state index contributed by atoms with van der Waals surface area (Å²) >= 11 is 3.43. The van der Waals surface area contributed by atoms with Gasteiger partial charge in [-0.3, -0.25) is 10.1 Å². The fraction of sp³-hybridized carbons (Fsp3) is 0.500. The van der Waals surface area contributed by atoms with E-state index in [4.69, 9.17) is 14.6 Å². The predicted molar refractivity (Wildman–Crippen MR) is 117 cm³/mol. The molecule has 0 amide bonds. The highest BCUT2D eigenvalue weighted by Gasteiger charge is 2.61. The van der Waals surface area contributed by atoms with E-state index in [-0.39, 0.29) is 12.6 Å². The standard InChI is InChI=1S/C22H28BrN3O4/c1-4-6-7-8-13-22(19(24-22)21(28)29-3)26-18(20(27)30-5-2)14-17(25-26)15-9-11-16(23)12-10-15/h9-12,14,19,24H,4-8,13H2,1-3H3/t19-,22-/m1/s1. The number of hydrogen-bond donors (Lipinski definition) is 1. The molecule has 0 unspecified atom stereocenters. The van der Waals surface area contributed by atoms with Crippen molar-refractivity contribution in [3.63, 3.8) is 0 Å². The molecule has 0 spiro atoms. The SMILES string of the molecule is CCCCCC[C@]1(n2nc(-c3ccc(Br)cc3)cc2C(=O)OCC)N[C@@H]1C(=O)OC. The summed E-state index contributed by atoms with van der Waals surface area (Å²) in [5.41, 5.74) is 1.06. The van der Waals surface area contributed by atoms with Gasteiger partial charge in [0.25, 0.3) is 0 Å². The lowest BCUT2D eigenvalue weighted by Crippen LogP contribution is -2.31. The zero-order valence-electron chi connectivity index (χ0n) is 17.6. The minimum absolute atomic E-state index is 0.259. The molecule has 2 aromatic rings. The van der Waals surface area contributed by atoms with Crippen LogP contribution in [-0.4, -0.2) is 41.5 Å². The van der Waals surface area contributed by atoms with Crippen molar-refractivity contribution in [3.8, 4) is 11.3 Å². The second kappa shape index (κ2) is 9.75. The van der Waals surface area contributed by atoms with Crippen LogP contribution in [0.25, 0.3) is 11.3 Å². The lowest BCUT2D eigenvalue weighted by Gasteiger charge is -2.18. The average molecular weight is 478 g/mol. The van der Waals surface area contributed by atoms with Gasteiger partial charge in [0.2, 0.25) is 0 Å².